The van der Waals surface area contributed by atoms with Crippen LogP contribution in [0.3, 0.4) is 0 Å². The van der Waals surface area contributed by atoms with Crippen LogP contribution < -0.4 is 11.1 Å². The molecule has 0 saturated heterocycles. The Hall–Kier alpha value is -2.01. The molecule has 0 amide bonds. The number of aliphatic carboxylic acids is 1. The molecule has 1 aliphatic rings. The van der Waals surface area contributed by atoms with Gasteiger partial charge in [0.25, 0.3) is 0 Å². The zero-order valence-electron chi connectivity index (χ0n) is 11.5. The summed E-state index contributed by atoms with van der Waals surface area (Å²) >= 11 is 0. The second kappa shape index (κ2) is 6.43. The normalized spacial score (nSPS) is 22.6. The highest BCUT2D eigenvalue weighted by Crippen LogP contribution is 2.25. The fourth-order valence-corrected chi connectivity index (χ4v) is 2.15. The van der Waals surface area contributed by atoms with Crippen molar-refractivity contribution in [2.24, 2.45) is 5.73 Å². The van der Waals surface area contributed by atoms with Crippen LogP contribution in [0.1, 0.15) is 25.3 Å². The lowest BCUT2D eigenvalue weighted by Crippen LogP contribution is -2.45. The van der Waals surface area contributed by atoms with Gasteiger partial charge >= 0.3 is 5.97 Å². The van der Waals surface area contributed by atoms with Crippen LogP contribution in [0.4, 0.5) is 0 Å². The molecule has 1 aromatic rings. The Morgan fingerprint density at radius 1 is 1.40 bits per heavy atom. The highest BCUT2D eigenvalue weighted by Gasteiger charge is 2.30. The minimum atomic E-state index is -1.09. The van der Waals surface area contributed by atoms with Gasteiger partial charge in [-0.2, -0.15) is 0 Å². The molecular weight excluding hydrogens is 256 g/mol. The molecule has 108 valence electrons. The number of nitrogens with two attached hydrogens (primary N) is 1. The Balaban J connectivity index is 1.70. The van der Waals surface area contributed by atoms with Crippen LogP contribution in [-0.2, 0) is 16.1 Å². The van der Waals surface area contributed by atoms with Crippen LogP contribution in [0.25, 0.3) is 0 Å². The van der Waals surface area contributed by atoms with E-state index in [4.69, 9.17) is 15.6 Å². The fourth-order valence-electron chi connectivity index (χ4n) is 2.15. The van der Waals surface area contributed by atoms with Gasteiger partial charge in [0.05, 0.1) is 12.7 Å². The van der Waals surface area contributed by atoms with Gasteiger partial charge in [0, 0.05) is 11.7 Å². The van der Waals surface area contributed by atoms with E-state index in [1.807, 2.05) is 30.3 Å². The second-order valence-corrected chi connectivity index (χ2v) is 5.08. The van der Waals surface area contributed by atoms with E-state index in [0.717, 1.165) is 18.4 Å². The van der Waals surface area contributed by atoms with Crippen molar-refractivity contribution < 1.29 is 14.6 Å². The van der Waals surface area contributed by atoms with Crippen LogP contribution in [0.5, 0.6) is 0 Å². The number of rotatable bonds is 6. The van der Waals surface area contributed by atoms with Gasteiger partial charge in [-0.3, -0.25) is 0 Å². The fraction of sp³-hybridized carbons (Fsp3) is 0.400. The maximum Gasteiger partial charge on any atom is 0.353 e. The molecule has 1 aliphatic carbocycles. The predicted octanol–water partition coefficient (Wildman–Crippen LogP) is 1.60. The molecule has 0 radical (unpaired) electrons. The van der Waals surface area contributed by atoms with Gasteiger partial charge < -0.3 is 20.9 Å². The molecule has 0 heterocycles. The Morgan fingerprint density at radius 2 is 2.05 bits per heavy atom. The summed E-state index contributed by atoms with van der Waals surface area (Å²) in [6.07, 6.45) is 1.97. The predicted molar refractivity (Wildman–Crippen MR) is 75.7 cm³/mol. The lowest BCUT2D eigenvalue weighted by molar-refractivity contribution is -0.132. The standard InChI is InChI=1S/C15H20N2O3/c1-10(14(16)15(18)19)17-12-7-13(8-12)20-9-11-5-3-2-4-6-11/h2-6,12-13,17H,7-9,16H2,1H3,(H,18,19)/b14-10-. The van der Waals surface area contributed by atoms with Crippen molar-refractivity contribution in [3.05, 3.63) is 47.3 Å². The molecule has 4 N–H and O–H groups in total. The van der Waals surface area contributed by atoms with Gasteiger partial charge in [0.15, 0.2) is 0 Å². The number of allylic oxidation sites excluding steroid dienone is 1. The lowest BCUT2D eigenvalue weighted by atomic mass is 9.89. The zero-order valence-corrected chi connectivity index (χ0v) is 11.5. The zero-order chi connectivity index (χ0) is 14.5. The third-order valence-electron chi connectivity index (χ3n) is 3.48. The first kappa shape index (κ1) is 14.4. The minimum absolute atomic E-state index is 0.126. The second-order valence-electron chi connectivity index (χ2n) is 5.08. The monoisotopic (exact) mass is 276 g/mol. The number of nitrogens with one attached hydrogen (secondary N) is 1. The Kier molecular flexibility index (Phi) is 4.63. The van der Waals surface area contributed by atoms with Crippen LogP contribution in [0, 0.1) is 0 Å². The number of hydrogen-bond donors (Lipinski definition) is 3. The Morgan fingerprint density at radius 3 is 2.65 bits per heavy atom. The molecule has 0 aliphatic heterocycles. The maximum absolute atomic E-state index is 10.7. The third kappa shape index (κ3) is 3.74. The molecule has 2 rings (SSSR count). The quantitative estimate of drug-likeness (QED) is 0.687. The smallest absolute Gasteiger partial charge is 0.353 e. The van der Waals surface area contributed by atoms with Gasteiger partial charge in [0.1, 0.15) is 5.70 Å². The molecule has 0 bridgehead atoms. The summed E-state index contributed by atoms with van der Waals surface area (Å²) in [4.78, 5) is 10.7. The SMILES string of the molecule is C/C(NC1CC(OCc2ccccc2)C1)=C(/N)C(=O)O. The molecule has 0 spiro atoms. The van der Waals surface area contributed by atoms with Crippen LogP contribution >= 0.6 is 0 Å². The first-order valence-corrected chi connectivity index (χ1v) is 6.68. The molecule has 20 heavy (non-hydrogen) atoms. The molecule has 1 saturated carbocycles. The van der Waals surface area contributed by atoms with Crippen LogP contribution in [-0.4, -0.2) is 23.2 Å². The molecule has 1 aromatic carbocycles. The van der Waals surface area contributed by atoms with Gasteiger partial charge in [-0.1, -0.05) is 30.3 Å². The summed E-state index contributed by atoms with van der Waals surface area (Å²) in [6.45, 7) is 2.30. The molecule has 5 heteroatoms. The van der Waals surface area contributed by atoms with Crippen LogP contribution in [0.15, 0.2) is 41.7 Å². The average molecular weight is 276 g/mol. The van der Waals surface area contributed by atoms with Crippen molar-refractivity contribution in [2.45, 2.75) is 38.5 Å². The molecule has 0 unspecified atom stereocenters. The molecule has 5 nitrogen and oxygen atoms in total. The highest BCUT2D eigenvalue weighted by atomic mass is 16.5. The van der Waals surface area contributed by atoms with Crippen LogP contribution in [0.2, 0.25) is 0 Å². The number of carboxylic acids is 1. The molecule has 0 atom stereocenters. The van der Waals surface area contributed by atoms with Crippen molar-refractivity contribution in [1.82, 2.24) is 5.32 Å². The van der Waals surface area contributed by atoms with Crippen molar-refractivity contribution in [3.63, 3.8) is 0 Å². The maximum atomic E-state index is 10.7. The van der Waals surface area contributed by atoms with E-state index in [-0.39, 0.29) is 17.8 Å². The summed E-state index contributed by atoms with van der Waals surface area (Å²) in [7, 11) is 0. The molecular formula is C15H20N2O3. The van der Waals surface area contributed by atoms with E-state index in [1.165, 1.54) is 0 Å². The van der Waals surface area contributed by atoms with Gasteiger partial charge in [-0.05, 0) is 25.3 Å². The van der Waals surface area contributed by atoms with E-state index in [2.05, 4.69) is 5.32 Å². The summed E-state index contributed by atoms with van der Waals surface area (Å²) in [6, 6.07) is 10.3. The first-order valence-electron chi connectivity index (χ1n) is 6.68. The van der Waals surface area contributed by atoms with E-state index in [9.17, 15) is 4.79 Å². The average Bonchev–Trinajstić information content (AvgIpc) is 2.41. The molecule has 1 fully saturated rings. The number of benzene rings is 1. The van der Waals surface area contributed by atoms with Crippen molar-refractivity contribution in [2.75, 3.05) is 0 Å². The third-order valence-corrected chi connectivity index (χ3v) is 3.48. The molecule has 0 aromatic heterocycles. The van der Waals surface area contributed by atoms with E-state index < -0.39 is 5.97 Å². The summed E-state index contributed by atoms with van der Waals surface area (Å²) in [5.74, 6) is -1.09. The first-order chi connectivity index (χ1) is 9.56. The Bertz CT molecular complexity index is 493. The van der Waals surface area contributed by atoms with E-state index >= 15 is 0 Å². The topological polar surface area (TPSA) is 84.6 Å². The minimum Gasteiger partial charge on any atom is -0.477 e. The largest absolute Gasteiger partial charge is 0.477 e. The van der Waals surface area contributed by atoms with Gasteiger partial charge in [-0.25, -0.2) is 4.79 Å². The van der Waals surface area contributed by atoms with Gasteiger partial charge in [0.2, 0.25) is 0 Å². The summed E-state index contributed by atoms with van der Waals surface area (Å²) in [5, 5.41) is 11.9. The van der Waals surface area contributed by atoms with Crippen molar-refractivity contribution >= 4 is 5.97 Å². The number of hydrogen-bond acceptors (Lipinski definition) is 4. The number of carboxylic acid groups (broad SMARTS) is 1. The van der Waals surface area contributed by atoms with Crippen molar-refractivity contribution in [3.8, 4) is 0 Å². The summed E-state index contributed by atoms with van der Waals surface area (Å²) in [5.41, 5.74) is 7.00. The Labute approximate surface area is 118 Å². The number of ether oxygens (including phenoxy) is 1. The highest BCUT2D eigenvalue weighted by molar-refractivity contribution is 5.86. The van der Waals surface area contributed by atoms with E-state index in [1.54, 1.807) is 6.92 Å². The van der Waals surface area contributed by atoms with Crippen molar-refractivity contribution in [1.29, 1.82) is 0 Å². The summed E-state index contributed by atoms with van der Waals surface area (Å²) < 4.78 is 5.78. The van der Waals surface area contributed by atoms with E-state index in [0.29, 0.717) is 12.3 Å². The number of carbonyl (C=O) groups is 1. The lowest BCUT2D eigenvalue weighted by Gasteiger charge is -2.36. The van der Waals surface area contributed by atoms with Gasteiger partial charge in [-0.15, -0.1) is 0 Å².